The zero-order valence-corrected chi connectivity index (χ0v) is 12.4. The van der Waals surface area contributed by atoms with Crippen LogP contribution in [0.4, 0.5) is 5.69 Å². The second kappa shape index (κ2) is 7.09. The van der Waals surface area contributed by atoms with E-state index in [1.807, 2.05) is 12.1 Å². The molecular formula is C17H23N3O. The molecule has 0 bridgehead atoms. The number of nitrogens with zero attached hydrogens (tertiary/aromatic N) is 2. The van der Waals surface area contributed by atoms with Gasteiger partial charge in [-0.1, -0.05) is 24.3 Å². The summed E-state index contributed by atoms with van der Waals surface area (Å²) in [5.41, 5.74) is 9.32. The highest BCUT2D eigenvalue weighted by Gasteiger charge is 2.21. The van der Waals surface area contributed by atoms with E-state index in [9.17, 15) is 4.79 Å². The molecule has 1 aromatic rings. The first kappa shape index (κ1) is 15.3. The van der Waals surface area contributed by atoms with Crippen LogP contribution in [-0.4, -0.2) is 41.9 Å². The predicted molar refractivity (Wildman–Crippen MR) is 86.8 cm³/mol. The molecule has 4 nitrogen and oxygen atoms in total. The fraction of sp³-hybridized carbons (Fsp3) is 0.353. The molecule has 0 saturated heterocycles. The quantitative estimate of drug-likeness (QED) is 0.641. The van der Waals surface area contributed by atoms with E-state index in [-0.39, 0.29) is 5.91 Å². The standard InChI is InChI=1S/C17H23N3O/c1-3-9-20(10-4-2)17(21)13-19-11-8-15-14(12-19)6-5-7-16(15)18/h3-7H,1-2,8-13,18H2. The van der Waals surface area contributed by atoms with Crippen LogP contribution in [0.15, 0.2) is 43.5 Å². The van der Waals surface area contributed by atoms with Crippen molar-refractivity contribution < 1.29 is 4.79 Å². The zero-order chi connectivity index (χ0) is 15.2. The molecule has 21 heavy (non-hydrogen) atoms. The maximum atomic E-state index is 12.3. The van der Waals surface area contributed by atoms with Crippen LogP contribution in [-0.2, 0) is 17.8 Å². The summed E-state index contributed by atoms with van der Waals surface area (Å²) in [4.78, 5) is 16.3. The van der Waals surface area contributed by atoms with Gasteiger partial charge in [0.1, 0.15) is 0 Å². The van der Waals surface area contributed by atoms with Crippen molar-refractivity contribution >= 4 is 11.6 Å². The van der Waals surface area contributed by atoms with Crippen molar-refractivity contribution in [2.24, 2.45) is 0 Å². The van der Waals surface area contributed by atoms with Gasteiger partial charge in [0.2, 0.25) is 5.91 Å². The fourth-order valence-electron chi connectivity index (χ4n) is 2.71. The molecular weight excluding hydrogens is 262 g/mol. The van der Waals surface area contributed by atoms with E-state index >= 15 is 0 Å². The van der Waals surface area contributed by atoms with E-state index in [0.717, 1.165) is 25.2 Å². The number of nitrogen functional groups attached to an aromatic ring is 1. The van der Waals surface area contributed by atoms with Gasteiger partial charge >= 0.3 is 0 Å². The highest BCUT2D eigenvalue weighted by atomic mass is 16.2. The van der Waals surface area contributed by atoms with E-state index < -0.39 is 0 Å². The molecule has 2 N–H and O–H groups in total. The normalized spacial score (nSPS) is 14.3. The molecule has 0 atom stereocenters. The van der Waals surface area contributed by atoms with E-state index in [4.69, 9.17) is 5.73 Å². The largest absolute Gasteiger partial charge is 0.398 e. The van der Waals surface area contributed by atoms with Crippen molar-refractivity contribution in [1.82, 2.24) is 9.80 Å². The molecule has 1 aromatic carbocycles. The third-order valence-electron chi connectivity index (χ3n) is 3.79. The first-order valence-corrected chi connectivity index (χ1v) is 7.24. The van der Waals surface area contributed by atoms with Crippen LogP contribution >= 0.6 is 0 Å². The Morgan fingerprint density at radius 3 is 2.71 bits per heavy atom. The molecule has 1 amide bonds. The molecule has 1 aliphatic rings. The molecule has 0 spiro atoms. The van der Waals surface area contributed by atoms with E-state index in [0.29, 0.717) is 19.6 Å². The molecule has 1 heterocycles. The Hall–Kier alpha value is -2.07. The Morgan fingerprint density at radius 1 is 1.33 bits per heavy atom. The first-order chi connectivity index (χ1) is 10.2. The summed E-state index contributed by atoms with van der Waals surface area (Å²) in [5.74, 6) is 0.113. The lowest BCUT2D eigenvalue weighted by molar-refractivity contribution is -0.131. The molecule has 2 rings (SSSR count). The van der Waals surface area contributed by atoms with Crippen LogP contribution in [0.5, 0.6) is 0 Å². The molecule has 0 fully saturated rings. The number of hydrogen-bond donors (Lipinski definition) is 1. The first-order valence-electron chi connectivity index (χ1n) is 7.24. The highest BCUT2D eigenvalue weighted by molar-refractivity contribution is 5.78. The van der Waals surface area contributed by atoms with Gasteiger partial charge in [-0.3, -0.25) is 9.69 Å². The third-order valence-corrected chi connectivity index (χ3v) is 3.79. The summed E-state index contributed by atoms with van der Waals surface area (Å²) >= 11 is 0. The van der Waals surface area contributed by atoms with Gasteiger partial charge in [0.15, 0.2) is 0 Å². The number of nitrogens with two attached hydrogens (primary N) is 1. The van der Waals surface area contributed by atoms with Crippen molar-refractivity contribution in [3.63, 3.8) is 0 Å². The maximum absolute atomic E-state index is 12.3. The lowest BCUT2D eigenvalue weighted by Crippen LogP contribution is -2.42. The highest BCUT2D eigenvalue weighted by Crippen LogP contribution is 2.23. The lowest BCUT2D eigenvalue weighted by Gasteiger charge is -2.30. The molecule has 112 valence electrons. The van der Waals surface area contributed by atoms with Crippen LogP contribution in [0.2, 0.25) is 0 Å². The number of rotatable bonds is 6. The van der Waals surface area contributed by atoms with Gasteiger partial charge in [-0.15, -0.1) is 13.2 Å². The number of fused-ring (bicyclic) bond motifs is 1. The molecule has 0 aliphatic carbocycles. The average molecular weight is 285 g/mol. The molecule has 0 radical (unpaired) electrons. The van der Waals surface area contributed by atoms with Crippen LogP contribution in [0.3, 0.4) is 0 Å². The van der Waals surface area contributed by atoms with E-state index in [2.05, 4.69) is 24.1 Å². The fourth-order valence-corrected chi connectivity index (χ4v) is 2.71. The monoisotopic (exact) mass is 285 g/mol. The lowest BCUT2D eigenvalue weighted by atomic mass is 9.98. The summed E-state index contributed by atoms with van der Waals surface area (Å²) in [6, 6.07) is 6.00. The zero-order valence-electron chi connectivity index (χ0n) is 12.4. The second-order valence-electron chi connectivity index (χ2n) is 5.32. The predicted octanol–water partition coefficient (Wildman–Crippen LogP) is 1.83. The minimum atomic E-state index is 0.113. The van der Waals surface area contributed by atoms with Crippen LogP contribution in [0.1, 0.15) is 11.1 Å². The number of benzene rings is 1. The van der Waals surface area contributed by atoms with Crippen molar-refractivity contribution in [1.29, 1.82) is 0 Å². The molecule has 0 saturated carbocycles. The van der Waals surface area contributed by atoms with Crippen molar-refractivity contribution in [2.75, 3.05) is 31.9 Å². The Morgan fingerprint density at radius 2 is 2.05 bits per heavy atom. The average Bonchev–Trinajstić information content (AvgIpc) is 2.47. The number of carbonyl (C=O) groups is 1. The van der Waals surface area contributed by atoms with Crippen LogP contribution in [0.25, 0.3) is 0 Å². The summed E-state index contributed by atoms with van der Waals surface area (Å²) in [5, 5.41) is 0. The smallest absolute Gasteiger partial charge is 0.237 e. The molecule has 0 aromatic heterocycles. The van der Waals surface area contributed by atoms with Gasteiger partial charge in [-0.05, 0) is 23.6 Å². The van der Waals surface area contributed by atoms with Crippen molar-refractivity contribution in [2.45, 2.75) is 13.0 Å². The number of amides is 1. The Balaban J connectivity index is 2.00. The topological polar surface area (TPSA) is 49.6 Å². The Bertz CT molecular complexity index is 529. The van der Waals surface area contributed by atoms with Crippen molar-refractivity contribution in [3.8, 4) is 0 Å². The SMILES string of the molecule is C=CCN(CC=C)C(=O)CN1CCc2c(N)cccc2C1. The van der Waals surface area contributed by atoms with E-state index in [1.165, 1.54) is 11.1 Å². The van der Waals surface area contributed by atoms with Crippen molar-refractivity contribution in [3.05, 3.63) is 54.6 Å². The minimum Gasteiger partial charge on any atom is -0.398 e. The van der Waals surface area contributed by atoms with E-state index in [1.54, 1.807) is 17.1 Å². The van der Waals surface area contributed by atoms with Gasteiger partial charge in [-0.25, -0.2) is 0 Å². The summed E-state index contributed by atoms with van der Waals surface area (Å²) in [6.45, 7) is 10.6. The van der Waals surface area contributed by atoms with Gasteiger partial charge in [0.25, 0.3) is 0 Å². The number of anilines is 1. The summed E-state index contributed by atoms with van der Waals surface area (Å²) in [6.07, 6.45) is 4.39. The Labute approximate surface area is 126 Å². The van der Waals surface area contributed by atoms with Crippen LogP contribution < -0.4 is 5.73 Å². The van der Waals surface area contributed by atoms with Gasteiger partial charge < -0.3 is 10.6 Å². The number of hydrogen-bond acceptors (Lipinski definition) is 3. The molecule has 4 heteroatoms. The Kier molecular flexibility index (Phi) is 5.17. The second-order valence-corrected chi connectivity index (χ2v) is 5.32. The molecule has 0 unspecified atom stereocenters. The maximum Gasteiger partial charge on any atom is 0.237 e. The van der Waals surface area contributed by atoms with Gasteiger partial charge in [0.05, 0.1) is 6.54 Å². The third kappa shape index (κ3) is 3.73. The summed E-state index contributed by atoms with van der Waals surface area (Å²) in [7, 11) is 0. The minimum absolute atomic E-state index is 0.113. The van der Waals surface area contributed by atoms with Crippen LogP contribution in [0, 0.1) is 0 Å². The summed E-state index contributed by atoms with van der Waals surface area (Å²) < 4.78 is 0. The van der Waals surface area contributed by atoms with Gasteiger partial charge in [-0.2, -0.15) is 0 Å². The number of carbonyl (C=O) groups excluding carboxylic acids is 1. The van der Waals surface area contributed by atoms with Gasteiger partial charge in [0, 0.05) is 31.9 Å². The molecule has 1 aliphatic heterocycles.